The molecule has 2 aromatic rings. The minimum atomic E-state index is -3.65. The third-order valence-corrected chi connectivity index (χ3v) is 4.98. The van der Waals surface area contributed by atoms with Crippen LogP contribution in [0.1, 0.15) is 11.1 Å². The van der Waals surface area contributed by atoms with Gasteiger partial charge in [-0.05, 0) is 30.7 Å². The van der Waals surface area contributed by atoms with Crippen molar-refractivity contribution in [2.75, 3.05) is 11.4 Å². The first-order chi connectivity index (χ1) is 9.45. The molecular weight excluding hydrogens is 296 g/mol. The van der Waals surface area contributed by atoms with E-state index >= 15 is 0 Å². The van der Waals surface area contributed by atoms with Gasteiger partial charge in [-0.1, -0.05) is 23.8 Å². The van der Waals surface area contributed by atoms with Gasteiger partial charge in [0.1, 0.15) is 0 Å². The zero-order valence-corrected chi connectivity index (χ0v) is 12.8. The molecule has 0 bridgehead atoms. The predicted octanol–water partition coefficient (Wildman–Crippen LogP) is 2.95. The van der Waals surface area contributed by atoms with Gasteiger partial charge in [0.15, 0.2) is 5.03 Å². The Bertz CT molecular complexity index is 682. The number of aryl methyl sites for hydroxylation is 1. The van der Waals surface area contributed by atoms with Crippen molar-refractivity contribution in [3.8, 4) is 0 Å². The van der Waals surface area contributed by atoms with Crippen LogP contribution in [0.5, 0.6) is 0 Å². The molecule has 6 heteroatoms. The number of sulfonamides is 1. The topological polar surface area (TPSA) is 50.3 Å². The number of hydrogen-bond donors (Lipinski definition) is 0. The van der Waals surface area contributed by atoms with Gasteiger partial charge in [0.25, 0.3) is 10.0 Å². The zero-order valence-electron chi connectivity index (χ0n) is 11.2. The molecule has 0 saturated heterocycles. The van der Waals surface area contributed by atoms with Gasteiger partial charge in [0.05, 0.1) is 5.69 Å². The molecule has 0 radical (unpaired) electrons. The fourth-order valence-corrected chi connectivity index (χ4v) is 2.94. The lowest BCUT2D eigenvalue weighted by Gasteiger charge is -2.19. The number of halogens is 1. The van der Waals surface area contributed by atoms with Crippen LogP contribution in [0.2, 0.25) is 0 Å². The van der Waals surface area contributed by atoms with Crippen molar-refractivity contribution in [3.63, 3.8) is 0 Å². The Hall–Kier alpha value is -1.59. The van der Waals surface area contributed by atoms with Gasteiger partial charge >= 0.3 is 0 Å². The fraction of sp³-hybridized carbons (Fsp3) is 0.214. The highest BCUT2D eigenvalue weighted by Gasteiger charge is 2.22. The Kier molecular flexibility index (Phi) is 4.30. The van der Waals surface area contributed by atoms with Crippen LogP contribution in [0.15, 0.2) is 47.6 Å². The first kappa shape index (κ1) is 14.8. The summed E-state index contributed by atoms with van der Waals surface area (Å²) < 4.78 is 26.1. The minimum absolute atomic E-state index is 0.00874. The summed E-state index contributed by atoms with van der Waals surface area (Å²) in [4.78, 5) is 3.97. The van der Waals surface area contributed by atoms with E-state index in [9.17, 15) is 8.42 Å². The van der Waals surface area contributed by atoms with Crippen LogP contribution in [0.3, 0.4) is 0 Å². The van der Waals surface area contributed by atoms with Crippen LogP contribution in [-0.2, 0) is 15.9 Å². The van der Waals surface area contributed by atoms with Crippen molar-refractivity contribution >= 4 is 27.3 Å². The number of nitrogens with zero attached hydrogens (tertiary/aromatic N) is 2. The maximum absolute atomic E-state index is 12.4. The molecule has 0 saturated carbocycles. The van der Waals surface area contributed by atoms with E-state index in [4.69, 9.17) is 11.6 Å². The number of pyridine rings is 1. The molecule has 106 valence electrons. The standard InChI is InChI=1S/C14H15ClN2O2S/c1-11-3-6-13(7-4-11)17(2)20(18,19)14-8-5-12(9-15)10-16-14/h3-8,10H,9H2,1-2H3. The van der Waals surface area contributed by atoms with E-state index in [1.165, 1.54) is 23.6 Å². The van der Waals surface area contributed by atoms with Crippen molar-refractivity contribution in [1.82, 2.24) is 4.98 Å². The quantitative estimate of drug-likeness (QED) is 0.816. The van der Waals surface area contributed by atoms with Crippen LogP contribution in [0.4, 0.5) is 5.69 Å². The lowest BCUT2D eigenvalue weighted by atomic mass is 10.2. The molecule has 0 aliphatic carbocycles. The number of anilines is 1. The van der Waals surface area contributed by atoms with E-state index in [2.05, 4.69) is 4.98 Å². The van der Waals surface area contributed by atoms with E-state index in [1.54, 1.807) is 18.2 Å². The predicted molar refractivity (Wildman–Crippen MR) is 80.6 cm³/mol. The molecule has 0 unspecified atom stereocenters. The lowest BCUT2D eigenvalue weighted by Crippen LogP contribution is -2.27. The van der Waals surface area contributed by atoms with E-state index in [-0.39, 0.29) is 5.03 Å². The third kappa shape index (κ3) is 2.94. The second-order valence-electron chi connectivity index (χ2n) is 4.45. The third-order valence-electron chi connectivity index (χ3n) is 2.97. The molecule has 0 fully saturated rings. The van der Waals surface area contributed by atoms with E-state index in [0.717, 1.165) is 11.1 Å². The second kappa shape index (κ2) is 5.81. The summed E-state index contributed by atoms with van der Waals surface area (Å²) in [6.07, 6.45) is 1.48. The molecule has 1 heterocycles. The lowest BCUT2D eigenvalue weighted by molar-refractivity contribution is 0.590. The van der Waals surface area contributed by atoms with Gasteiger partial charge < -0.3 is 0 Å². The minimum Gasteiger partial charge on any atom is -0.268 e. The molecule has 1 aromatic heterocycles. The van der Waals surface area contributed by atoms with Crippen LogP contribution < -0.4 is 4.31 Å². The van der Waals surface area contributed by atoms with Crippen LogP contribution >= 0.6 is 11.6 Å². The highest BCUT2D eigenvalue weighted by atomic mass is 35.5. The number of hydrogen-bond acceptors (Lipinski definition) is 3. The fourth-order valence-electron chi connectivity index (χ4n) is 1.68. The summed E-state index contributed by atoms with van der Waals surface area (Å²) in [5.74, 6) is 0.307. The average molecular weight is 311 g/mol. The number of aromatic nitrogens is 1. The van der Waals surface area contributed by atoms with Crippen LogP contribution in [-0.4, -0.2) is 20.4 Å². The van der Waals surface area contributed by atoms with Gasteiger partial charge in [-0.3, -0.25) is 4.31 Å². The normalized spacial score (nSPS) is 11.3. The van der Waals surface area contributed by atoms with Crippen molar-refractivity contribution in [2.24, 2.45) is 0 Å². The van der Waals surface area contributed by atoms with Crippen molar-refractivity contribution in [2.45, 2.75) is 17.8 Å². The van der Waals surface area contributed by atoms with Crippen molar-refractivity contribution < 1.29 is 8.42 Å². The van der Waals surface area contributed by atoms with Gasteiger partial charge in [0.2, 0.25) is 0 Å². The Morgan fingerprint density at radius 2 is 1.80 bits per heavy atom. The van der Waals surface area contributed by atoms with E-state index in [0.29, 0.717) is 11.6 Å². The SMILES string of the molecule is Cc1ccc(N(C)S(=O)(=O)c2ccc(CCl)cn2)cc1. The Balaban J connectivity index is 2.35. The Morgan fingerprint density at radius 3 is 2.30 bits per heavy atom. The molecular formula is C14H15ClN2O2S. The molecule has 0 aliphatic rings. The molecule has 2 rings (SSSR count). The van der Waals surface area contributed by atoms with Crippen LogP contribution in [0.25, 0.3) is 0 Å². The molecule has 0 atom stereocenters. The highest BCUT2D eigenvalue weighted by Crippen LogP contribution is 2.21. The summed E-state index contributed by atoms with van der Waals surface area (Å²) in [6.45, 7) is 1.95. The summed E-state index contributed by atoms with van der Waals surface area (Å²) in [6, 6.07) is 10.4. The highest BCUT2D eigenvalue weighted by molar-refractivity contribution is 7.92. The summed E-state index contributed by atoms with van der Waals surface area (Å²) in [7, 11) is -2.14. The van der Waals surface area contributed by atoms with Gasteiger partial charge in [-0.15, -0.1) is 11.6 Å². The molecule has 0 spiro atoms. The molecule has 1 aromatic carbocycles. The average Bonchev–Trinajstić information content (AvgIpc) is 2.47. The number of alkyl halides is 1. The second-order valence-corrected chi connectivity index (χ2v) is 6.63. The molecule has 0 amide bonds. The van der Waals surface area contributed by atoms with Gasteiger partial charge in [0, 0.05) is 19.1 Å². The molecule has 0 N–H and O–H groups in total. The zero-order chi connectivity index (χ0) is 14.8. The summed E-state index contributed by atoms with van der Waals surface area (Å²) >= 11 is 5.67. The largest absolute Gasteiger partial charge is 0.281 e. The Morgan fingerprint density at radius 1 is 1.15 bits per heavy atom. The smallest absolute Gasteiger partial charge is 0.268 e. The first-order valence-electron chi connectivity index (χ1n) is 6.01. The summed E-state index contributed by atoms with van der Waals surface area (Å²) in [5.41, 5.74) is 2.45. The van der Waals surface area contributed by atoms with Crippen molar-refractivity contribution in [3.05, 3.63) is 53.7 Å². The molecule has 20 heavy (non-hydrogen) atoms. The van der Waals surface area contributed by atoms with E-state index < -0.39 is 10.0 Å². The summed E-state index contributed by atoms with van der Waals surface area (Å²) in [5, 5.41) is 0.00874. The molecule has 0 aliphatic heterocycles. The van der Waals surface area contributed by atoms with Crippen molar-refractivity contribution in [1.29, 1.82) is 0 Å². The number of rotatable bonds is 4. The maximum Gasteiger partial charge on any atom is 0.281 e. The Labute approximate surface area is 124 Å². The number of benzene rings is 1. The molecule has 4 nitrogen and oxygen atoms in total. The van der Waals surface area contributed by atoms with Gasteiger partial charge in [-0.2, -0.15) is 8.42 Å². The van der Waals surface area contributed by atoms with E-state index in [1.807, 2.05) is 19.1 Å². The monoisotopic (exact) mass is 310 g/mol. The maximum atomic E-state index is 12.4. The van der Waals surface area contributed by atoms with Gasteiger partial charge in [-0.25, -0.2) is 4.98 Å². The first-order valence-corrected chi connectivity index (χ1v) is 7.99. The van der Waals surface area contributed by atoms with Crippen LogP contribution in [0, 0.1) is 6.92 Å².